The molecule has 0 spiro atoms. The molecule has 31 heavy (non-hydrogen) atoms. The van der Waals surface area contributed by atoms with Gasteiger partial charge >= 0.3 is 0 Å². The summed E-state index contributed by atoms with van der Waals surface area (Å²) in [5, 5.41) is 7.87. The van der Waals surface area contributed by atoms with E-state index in [1.54, 1.807) is 12.3 Å². The third kappa shape index (κ3) is 3.75. The molecule has 4 aromatic rings. The van der Waals surface area contributed by atoms with Gasteiger partial charge in [-0.2, -0.15) is 9.40 Å². The number of nitrogens with one attached hydrogen (secondary N) is 1. The van der Waals surface area contributed by atoms with E-state index in [1.807, 2.05) is 24.7 Å². The monoisotopic (exact) mass is 439 g/mol. The Kier molecular flexibility index (Phi) is 5.07. The number of H-pyrrole nitrogens is 1. The topological polar surface area (TPSA) is 83.9 Å². The summed E-state index contributed by atoms with van der Waals surface area (Å²) < 4.78 is 43.2. The van der Waals surface area contributed by atoms with Crippen LogP contribution in [0.3, 0.4) is 0 Å². The van der Waals surface area contributed by atoms with Gasteiger partial charge < -0.3 is 4.57 Å². The van der Waals surface area contributed by atoms with Crippen LogP contribution in [0.5, 0.6) is 0 Å². The molecule has 160 valence electrons. The van der Waals surface area contributed by atoms with E-state index in [0.29, 0.717) is 19.0 Å². The summed E-state index contributed by atoms with van der Waals surface area (Å²) in [6, 6.07) is 9.66. The normalized spacial score (nSPS) is 16.2. The minimum Gasteiger partial charge on any atom is -0.346 e. The maximum atomic E-state index is 14.0. The van der Waals surface area contributed by atoms with Crippen LogP contribution < -0.4 is 0 Å². The Morgan fingerprint density at radius 1 is 1.13 bits per heavy atom. The third-order valence-electron chi connectivity index (χ3n) is 5.93. The Bertz CT molecular complexity index is 1310. The first-order valence-electron chi connectivity index (χ1n) is 10.2. The lowest BCUT2D eigenvalue weighted by Crippen LogP contribution is -2.39. The highest BCUT2D eigenvalue weighted by atomic mass is 32.2. The first-order chi connectivity index (χ1) is 15.0. The fourth-order valence-corrected chi connectivity index (χ4v) is 5.73. The number of halogens is 1. The van der Waals surface area contributed by atoms with E-state index in [-0.39, 0.29) is 4.90 Å². The summed E-state index contributed by atoms with van der Waals surface area (Å²) >= 11 is 0. The quantitative estimate of drug-likeness (QED) is 0.514. The maximum absolute atomic E-state index is 14.0. The second kappa shape index (κ2) is 7.90. The number of pyridine rings is 1. The average molecular weight is 440 g/mol. The zero-order valence-corrected chi connectivity index (χ0v) is 17.6. The van der Waals surface area contributed by atoms with Crippen LogP contribution in [0.1, 0.15) is 12.8 Å². The minimum absolute atomic E-state index is 0.246. The summed E-state index contributed by atoms with van der Waals surface area (Å²) in [7, 11) is -3.81. The molecule has 9 heteroatoms. The third-order valence-corrected chi connectivity index (χ3v) is 7.87. The van der Waals surface area contributed by atoms with Gasteiger partial charge in [0.05, 0.1) is 23.6 Å². The van der Waals surface area contributed by atoms with Crippen molar-refractivity contribution in [2.75, 3.05) is 13.1 Å². The molecular formula is C22H22FN5O2S. The molecule has 1 aliphatic rings. The smallest absolute Gasteiger partial charge is 0.245 e. The second-order valence-electron chi connectivity index (χ2n) is 7.86. The molecule has 0 unspecified atom stereocenters. The molecule has 1 N–H and O–H groups in total. The molecule has 3 aromatic heterocycles. The molecule has 4 heterocycles. The van der Waals surface area contributed by atoms with Crippen molar-refractivity contribution in [3.05, 3.63) is 67.0 Å². The molecule has 1 aliphatic heterocycles. The number of fused-ring (bicyclic) bond motifs is 1. The molecule has 0 atom stereocenters. The highest BCUT2D eigenvalue weighted by Gasteiger charge is 2.31. The number of aromatic amines is 1. The van der Waals surface area contributed by atoms with Crippen LogP contribution in [0.2, 0.25) is 0 Å². The Labute approximate surface area is 179 Å². The van der Waals surface area contributed by atoms with E-state index in [1.165, 1.54) is 22.5 Å². The van der Waals surface area contributed by atoms with Crippen LogP contribution in [0.25, 0.3) is 22.2 Å². The number of sulfonamides is 1. The molecule has 1 aromatic carbocycles. The van der Waals surface area contributed by atoms with Gasteiger partial charge in [-0.3, -0.25) is 10.1 Å². The molecule has 1 saturated heterocycles. The van der Waals surface area contributed by atoms with Gasteiger partial charge in [-0.1, -0.05) is 12.1 Å². The number of hydrogen-bond acceptors (Lipinski definition) is 4. The summed E-state index contributed by atoms with van der Waals surface area (Å²) in [4.78, 5) is 4.31. The molecule has 5 rings (SSSR count). The second-order valence-corrected chi connectivity index (χ2v) is 9.77. The predicted octanol–water partition coefficient (Wildman–Crippen LogP) is 3.67. The van der Waals surface area contributed by atoms with Gasteiger partial charge in [0.25, 0.3) is 0 Å². The van der Waals surface area contributed by atoms with E-state index in [0.717, 1.165) is 41.5 Å². The Morgan fingerprint density at radius 3 is 2.68 bits per heavy atom. The average Bonchev–Trinajstić information content (AvgIpc) is 3.45. The van der Waals surface area contributed by atoms with E-state index >= 15 is 0 Å². The lowest BCUT2D eigenvalue weighted by atomic mass is 9.98. The van der Waals surface area contributed by atoms with Gasteiger partial charge in [-0.25, -0.2) is 12.8 Å². The highest BCUT2D eigenvalue weighted by Crippen LogP contribution is 2.28. The van der Waals surface area contributed by atoms with Crippen molar-refractivity contribution in [3.63, 3.8) is 0 Å². The van der Waals surface area contributed by atoms with E-state index < -0.39 is 15.8 Å². The molecular weight excluding hydrogens is 417 g/mol. The van der Waals surface area contributed by atoms with Crippen LogP contribution in [0.15, 0.2) is 66.1 Å². The molecule has 0 radical (unpaired) electrons. The van der Waals surface area contributed by atoms with Gasteiger partial charge in [-0.05, 0) is 43.0 Å². The molecule has 1 fully saturated rings. The number of benzene rings is 1. The zero-order chi connectivity index (χ0) is 21.4. The molecule has 7 nitrogen and oxygen atoms in total. The van der Waals surface area contributed by atoms with Gasteiger partial charge in [0.1, 0.15) is 10.7 Å². The van der Waals surface area contributed by atoms with Gasteiger partial charge in [0.15, 0.2) is 0 Å². The summed E-state index contributed by atoms with van der Waals surface area (Å²) in [5.41, 5.74) is 2.86. The van der Waals surface area contributed by atoms with E-state index in [4.69, 9.17) is 0 Å². The molecule has 0 bridgehead atoms. The van der Waals surface area contributed by atoms with Crippen LogP contribution in [-0.4, -0.2) is 45.6 Å². The van der Waals surface area contributed by atoms with Gasteiger partial charge in [0, 0.05) is 43.0 Å². The van der Waals surface area contributed by atoms with Crippen molar-refractivity contribution in [2.45, 2.75) is 24.3 Å². The minimum atomic E-state index is -3.81. The van der Waals surface area contributed by atoms with E-state index in [9.17, 15) is 12.8 Å². The first kappa shape index (κ1) is 19.9. The maximum Gasteiger partial charge on any atom is 0.245 e. The molecule has 0 saturated carbocycles. The number of piperidine rings is 1. The zero-order valence-electron chi connectivity index (χ0n) is 16.8. The van der Waals surface area contributed by atoms with Crippen molar-refractivity contribution in [2.24, 2.45) is 5.92 Å². The number of aromatic nitrogens is 4. The van der Waals surface area contributed by atoms with Crippen LogP contribution in [0, 0.1) is 11.7 Å². The highest BCUT2D eigenvalue weighted by molar-refractivity contribution is 7.89. The first-order valence-corrected chi connectivity index (χ1v) is 11.6. The SMILES string of the molecule is O=S(=O)(c1ccccc1F)N1CCC(Cn2ccc3cc(-c4cn[nH]c4)ncc32)CC1. The van der Waals surface area contributed by atoms with Crippen LogP contribution >= 0.6 is 0 Å². The summed E-state index contributed by atoms with van der Waals surface area (Å²) in [6.45, 7) is 1.58. The fraction of sp³-hybridized carbons (Fsp3) is 0.273. The van der Waals surface area contributed by atoms with E-state index in [2.05, 4.69) is 25.8 Å². The predicted molar refractivity (Wildman–Crippen MR) is 115 cm³/mol. The van der Waals surface area contributed by atoms with Gasteiger partial charge in [0.2, 0.25) is 10.0 Å². The van der Waals surface area contributed by atoms with Crippen LogP contribution in [0.4, 0.5) is 4.39 Å². The number of hydrogen-bond donors (Lipinski definition) is 1. The number of nitrogens with zero attached hydrogens (tertiary/aromatic N) is 4. The fourth-order valence-electron chi connectivity index (χ4n) is 4.20. The van der Waals surface area contributed by atoms with Gasteiger partial charge in [-0.15, -0.1) is 0 Å². The number of rotatable bonds is 5. The summed E-state index contributed by atoms with van der Waals surface area (Å²) in [5.74, 6) is -0.359. The lowest BCUT2D eigenvalue weighted by molar-refractivity contribution is 0.254. The van der Waals surface area contributed by atoms with Crippen molar-refractivity contribution in [3.8, 4) is 11.3 Å². The largest absolute Gasteiger partial charge is 0.346 e. The summed E-state index contributed by atoms with van der Waals surface area (Å²) in [6.07, 6.45) is 8.94. The van der Waals surface area contributed by atoms with Crippen molar-refractivity contribution < 1.29 is 12.8 Å². The van der Waals surface area contributed by atoms with Crippen LogP contribution in [-0.2, 0) is 16.6 Å². The Morgan fingerprint density at radius 2 is 1.94 bits per heavy atom. The Balaban J connectivity index is 1.28. The van der Waals surface area contributed by atoms with Crippen molar-refractivity contribution >= 4 is 20.9 Å². The van der Waals surface area contributed by atoms with Crippen molar-refractivity contribution in [1.29, 1.82) is 0 Å². The Hall–Kier alpha value is -3.04. The standard InChI is InChI=1S/C22H22FN5O2S/c23-19-3-1-2-4-22(19)31(29,30)28-9-5-16(6-10-28)15-27-8-7-17-11-20(24-14-21(17)27)18-12-25-26-13-18/h1-4,7-8,11-14,16H,5-6,9-10,15H2,(H,25,26). The molecule has 0 aliphatic carbocycles. The lowest BCUT2D eigenvalue weighted by Gasteiger charge is -2.31. The van der Waals surface area contributed by atoms with Crippen molar-refractivity contribution in [1.82, 2.24) is 24.1 Å². The molecule has 0 amide bonds.